The van der Waals surface area contributed by atoms with E-state index in [4.69, 9.17) is 15.2 Å². The fourth-order valence-electron chi connectivity index (χ4n) is 3.06. The van der Waals surface area contributed by atoms with Crippen molar-refractivity contribution in [2.24, 2.45) is 5.41 Å². The van der Waals surface area contributed by atoms with E-state index in [0.29, 0.717) is 29.7 Å². The molecule has 0 bridgehead atoms. The predicted molar refractivity (Wildman–Crippen MR) is 114 cm³/mol. The number of hydroxylamine groups is 1. The minimum absolute atomic E-state index is 0.345. The SMILES string of the molecule is CC(C)(CC/C=C/C(=O)NO)[C@H](OC(=O)Nc1ccc(C#N)cc1)c1ccc(O)c(F)c1. The number of hydrogen-bond donors (Lipinski definition) is 4. The number of nitrogens with zero attached hydrogens (tertiary/aromatic N) is 1. The molecule has 0 aromatic heterocycles. The summed E-state index contributed by atoms with van der Waals surface area (Å²) in [5, 5.41) is 29.5. The molecule has 0 radical (unpaired) electrons. The predicted octanol–water partition coefficient (Wildman–Crippen LogP) is 4.56. The van der Waals surface area contributed by atoms with Crippen LogP contribution in [0.3, 0.4) is 0 Å². The topological polar surface area (TPSA) is 132 Å². The highest BCUT2D eigenvalue weighted by Crippen LogP contribution is 2.41. The summed E-state index contributed by atoms with van der Waals surface area (Å²) in [4.78, 5) is 23.7. The Balaban J connectivity index is 2.21. The minimum Gasteiger partial charge on any atom is -0.505 e. The summed E-state index contributed by atoms with van der Waals surface area (Å²) < 4.78 is 19.7. The van der Waals surface area contributed by atoms with E-state index in [9.17, 15) is 19.1 Å². The summed E-state index contributed by atoms with van der Waals surface area (Å²) in [6, 6.07) is 11.9. The van der Waals surface area contributed by atoms with Crippen molar-refractivity contribution in [3.8, 4) is 11.8 Å². The van der Waals surface area contributed by atoms with Gasteiger partial charge in [-0.25, -0.2) is 14.7 Å². The molecule has 32 heavy (non-hydrogen) atoms. The van der Waals surface area contributed by atoms with Crippen molar-refractivity contribution < 1.29 is 29.0 Å². The zero-order valence-electron chi connectivity index (χ0n) is 17.6. The Morgan fingerprint density at radius 2 is 1.94 bits per heavy atom. The Morgan fingerprint density at radius 1 is 1.25 bits per heavy atom. The van der Waals surface area contributed by atoms with E-state index in [1.807, 2.05) is 19.9 Å². The lowest BCUT2D eigenvalue weighted by Gasteiger charge is -2.34. The van der Waals surface area contributed by atoms with Crippen LogP contribution in [-0.4, -0.2) is 22.3 Å². The van der Waals surface area contributed by atoms with Gasteiger partial charge in [-0.1, -0.05) is 26.0 Å². The number of phenols is 1. The number of carbonyl (C=O) groups excluding carboxylic acids is 2. The van der Waals surface area contributed by atoms with Gasteiger partial charge in [-0.05, 0) is 54.8 Å². The summed E-state index contributed by atoms with van der Waals surface area (Å²) in [6.07, 6.45) is 1.91. The number of rotatable bonds is 8. The Kier molecular flexibility index (Phi) is 8.32. The van der Waals surface area contributed by atoms with Gasteiger partial charge in [0.15, 0.2) is 11.6 Å². The number of halogens is 1. The fraction of sp³-hybridized carbons (Fsp3) is 0.261. The monoisotopic (exact) mass is 441 g/mol. The molecule has 0 spiro atoms. The van der Waals surface area contributed by atoms with Crippen molar-refractivity contribution >= 4 is 17.7 Å². The van der Waals surface area contributed by atoms with E-state index in [1.54, 1.807) is 30.3 Å². The van der Waals surface area contributed by atoms with Gasteiger partial charge >= 0.3 is 6.09 Å². The third kappa shape index (κ3) is 6.82. The molecule has 8 nitrogen and oxygen atoms in total. The van der Waals surface area contributed by atoms with Crippen molar-refractivity contribution in [1.29, 1.82) is 5.26 Å². The van der Waals surface area contributed by atoms with Gasteiger partial charge in [-0.3, -0.25) is 15.3 Å². The van der Waals surface area contributed by atoms with Crippen LogP contribution in [0, 0.1) is 22.6 Å². The van der Waals surface area contributed by atoms with Crippen LogP contribution in [-0.2, 0) is 9.53 Å². The Hall–Kier alpha value is -3.90. The van der Waals surface area contributed by atoms with Crippen LogP contribution in [0.25, 0.3) is 0 Å². The summed E-state index contributed by atoms with van der Waals surface area (Å²) in [5.74, 6) is -2.04. The van der Waals surface area contributed by atoms with Crippen LogP contribution >= 0.6 is 0 Å². The average Bonchev–Trinajstić information content (AvgIpc) is 2.77. The van der Waals surface area contributed by atoms with Crippen molar-refractivity contribution in [1.82, 2.24) is 5.48 Å². The zero-order chi connectivity index (χ0) is 23.7. The normalized spacial score (nSPS) is 12.1. The molecule has 9 heteroatoms. The maximum Gasteiger partial charge on any atom is 0.412 e. The quantitative estimate of drug-likeness (QED) is 0.270. The first kappa shape index (κ1) is 24.4. The Morgan fingerprint density at radius 3 is 2.53 bits per heavy atom. The molecule has 4 N–H and O–H groups in total. The largest absolute Gasteiger partial charge is 0.505 e. The van der Waals surface area contributed by atoms with Gasteiger partial charge in [0.1, 0.15) is 6.10 Å². The lowest BCUT2D eigenvalue weighted by atomic mass is 9.78. The number of aromatic hydroxyl groups is 1. The van der Waals surface area contributed by atoms with Crippen molar-refractivity contribution in [2.75, 3.05) is 5.32 Å². The van der Waals surface area contributed by atoms with E-state index in [0.717, 1.165) is 6.07 Å². The highest BCUT2D eigenvalue weighted by atomic mass is 19.1. The number of anilines is 1. The van der Waals surface area contributed by atoms with E-state index in [-0.39, 0.29) is 0 Å². The summed E-state index contributed by atoms with van der Waals surface area (Å²) in [6.45, 7) is 3.63. The van der Waals surface area contributed by atoms with Crippen molar-refractivity contribution in [3.63, 3.8) is 0 Å². The number of amides is 2. The first-order chi connectivity index (χ1) is 15.2. The first-order valence-electron chi connectivity index (χ1n) is 9.73. The molecule has 1 atom stereocenters. The molecular formula is C23H24FN3O5. The molecule has 0 unspecified atom stereocenters. The molecule has 0 aliphatic heterocycles. The lowest BCUT2D eigenvalue weighted by molar-refractivity contribution is -0.124. The van der Waals surface area contributed by atoms with Crippen molar-refractivity contribution in [2.45, 2.75) is 32.8 Å². The van der Waals surface area contributed by atoms with E-state index in [1.165, 1.54) is 23.7 Å². The third-order valence-corrected chi connectivity index (χ3v) is 4.80. The van der Waals surface area contributed by atoms with Crippen LogP contribution in [0.4, 0.5) is 14.9 Å². The highest BCUT2D eigenvalue weighted by Gasteiger charge is 2.34. The second-order valence-corrected chi connectivity index (χ2v) is 7.72. The molecule has 2 aromatic carbocycles. The maximum atomic E-state index is 14.0. The molecule has 0 saturated carbocycles. The van der Waals surface area contributed by atoms with Crippen LogP contribution in [0.1, 0.15) is 43.9 Å². The van der Waals surface area contributed by atoms with Crippen LogP contribution in [0.2, 0.25) is 0 Å². The molecule has 0 aliphatic carbocycles. The summed E-state index contributed by atoms with van der Waals surface area (Å²) >= 11 is 0. The smallest absolute Gasteiger partial charge is 0.412 e. The summed E-state index contributed by atoms with van der Waals surface area (Å²) in [7, 11) is 0. The van der Waals surface area contributed by atoms with Crippen molar-refractivity contribution in [3.05, 3.63) is 71.6 Å². The van der Waals surface area contributed by atoms with E-state index in [2.05, 4.69) is 5.32 Å². The number of nitrogens with one attached hydrogen (secondary N) is 2. The van der Waals surface area contributed by atoms with Crippen LogP contribution in [0.5, 0.6) is 5.75 Å². The molecule has 2 rings (SSSR count). The van der Waals surface area contributed by atoms with Crippen LogP contribution in [0.15, 0.2) is 54.6 Å². The first-order valence-corrected chi connectivity index (χ1v) is 9.73. The Bertz CT molecular complexity index is 1030. The molecule has 0 saturated heterocycles. The number of phenolic OH excluding ortho intramolecular Hbond substituents is 1. The summed E-state index contributed by atoms with van der Waals surface area (Å²) in [5.41, 5.74) is 1.99. The fourth-order valence-corrected chi connectivity index (χ4v) is 3.06. The average molecular weight is 441 g/mol. The van der Waals surface area contributed by atoms with Crippen LogP contribution < -0.4 is 10.8 Å². The second kappa shape index (κ2) is 10.9. The number of hydrogen-bond acceptors (Lipinski definition) is 6. The molecule has 2 amide bonds. The van der Waals surface area contributed by atoms with E-state index >= 15 is 0 Å². The number of ether oxygens (including phenoxy) is 1. The van der Waals surface area contributed by atoms with Gasteiger partial charge in [-0.2, -0.15) is 5.26 Å². The van der Waals surface area contributed by atoms with Gasteiger partial charge in [-0.15, -0.1) is 0 Å². The molecule has 0 heterocycles. The minimum atomic E-state index is -0.893. The van der Waals surface area contributed by atoms with Gasteiger partial charge in [0.2, 0.25) is 0 Å². The number of allylic oxidation sites excluding steroid dienone is 1. The maximum absolute atomic E-state index is 14.0. The number of carbonyl (C=O) groups is 2. The van der Waals surface area contributed by atoms with Gasteiger partial charge in [0.05, 0.1) is 11.6 Å². The molecule has 0 fully saturated rings. The van der Waals surface area contributed by atoms with Gasteiger partial charge in [0, 0.05) is 17.2 Å². The number of nitriles is 1. The number of benzene rings is 2. The molecular weight excluding hydrogens is 417 g/mol. The third-order valence-electron chi connectivity index (χ3n) is 4.80. The Labute approximate surface area is 184 Å². The molecule has 168 valence electrons. The molecule has 0 aliphatic rings. The van der Waals surface area contributed by atoms with E-state index < -0.39 is 35.1 Å². The standard InChI is InChI=1S/C23H24FN3O5/c1-23(2,12-4-3-5-20(29)27-31)21(16-8-11-19(28)18(24)13-16)32-22(30)26-17-9-6-15(14-25)7-10-17/h3,5-11,13,21,28,31H,4,12H2,1-2H3,(H,26,30)(H,27,29)/b5-3+/t21-/m1/s1. The lowest BCUT2D eigenvalue weighted by Crippen LogP contribution is -2.29. The molecule has 2 aromatic rings. The van der Waals surface area contributed by atoms with Gasteiger partial charge in [0.25, 0.3) is 5.91 Å². The zero-order valence-corrected chi connectivity index (χ0v) is 17.6. The highest BCUT2D eigenvalue weighted by molar-refractivity contribution is 5.86. The second-order valence-electron chi connectivity index (χ2n) is 7.72. The van der Waals surface area contributed by atoms with Gasteiger partial charge < -0.3 is 9.84 Å².